The van der Waals surface area contributed by atoms with Crippen LogP contribution in [0.4, 0.5) is 0 Å². The third kappa shape index (κ3) is 1.30. The minimum atomic E-state index is -0.417. The molecule has 0 saturated carbocycles. The summed E-state index contributed by atoms with van der Waals surface area (Å²) in [6.07, 6.45) is 0. The van der Waals surface area contributed by atoms with Gasteiger partial charge in [0.25, 0.3) is 5.91 Å². The topological polar surface area (TPSA) is 43.1 Å². The molecule has 0 radical (unpaired) electrons. The van der Waals surface area contributed by atoms with Crippen LogP contribution in [0.1, 0.15) is 15.2 Å². The molecule has 4 heteroatoms. The van der Waals surface area contributed by atoms with Crippen LogP contribution in [0, 0.1) is 6.92 Å². The van der Waals surface area contributed by atoms with E-state index in [0.717, 1.165) is 5.56 Å². The molecule has 2 N–H and O–H groups in total. The number of primary amides is 1. The largest absolute Gasteiger partial charge is 0.365 e. The highest BCUT2D eigenvalue weighted by Crippen LogP contribution is 2.25. The van der Waals surface area contributed by atoms with Gasteiger partial charge in [0.15, 0.2) is 0 Å². The molecule has 1 amide bonds. The molecular formula is C6H6ClNOS. The van der Waals surface area contributed by atoms with Crippen molar-refractivity contribution in [1.29, 1.82) is 0 Å². The molecule has 0 atom stereocenters. The highest BCUT2D eigenvalue weighted by molar-refractivity contribution is 7.18. The fourth-order valence-electron chi connectivity index (χ4n) is 0.581. The number of aryl methyl sites for hydroxylation is 1. The van der Waals surface area contributed by atoms with Gasteiger partial charge in [-0.15, -0.1) is 11.3 Å². The Balaban J connectivity index is 3.10. The van der Waals surface area contributed by atoms with E-state index in [0.29, 0.717) is 9.21 Å². The number of amides is 1. The second-order valence-corrected chi connectivity index (χ2v) is 3.59. The number of thiophene rings is 1. The van der Waals surface area contributed by atoms with Crippen molar-refractivity contribution in [2.45, 2.75) is 6.92 Å². The van der Waals surface area contributed by atoms with E-state index >= 15 is 0 Å². The number of nitrogens with two attached hydrogens (primary N) is 1. The molecule has 1 aromatic rings. The Morgan fingerprint density at radius 3 is 2.60 bits per heavy atom. The molecule has 1 rings (SSSR count). The lowest BCUT2D eigenvalue weighted by molar-refractivity contribution is 0.100. The van der Waals surface area contributed by atoms with Gasteiger partial charge in [-0.2, -0.15) is 0 Å². The summed E-state index contributed by atoms with van der Waals surface area (Å²) in [7, 11) is 0. The fourth-order valence-corrected chi connectivity index (χ4v) is 1.63. The predicted octanol–water partition coefficient (Wildman–Crippen LogP) is 1.81. The lowest BCUT2D eigenvalue weighted by Gasteiger charge is -1.81. The Morgan fingerprint density at radius 2 is 2.40 bits per heavy atom. The first-order valence-electron chi connectivity index (χ1n) is 2.67. The quantitative estimate of drug-likeness (QED) is 0.695. The Bertz CT molecular complexity index is 249. The van der Waals surface area contributed by atoms with Crippen molar-refractivity contribution >= 4 is 28.8 Å². The van der Waals surface area contributed by atoms with Crippen molar-refractivity contribution in [3.05, 3.63) is 20.8 Å². The normalized spacial score (nSPS) is 9.80. The van der Waals surface area contributed by atoms with Gasteiger partial charge in [0.2, 0.25) is 0 Å². The summed E-state index contributed by atoms with van der Waals surface area (Å²) in [6, 6.07) is 1.69. The maximum atomic E-state index is 10.5. The highest BCUT2D eigenvalue weighted by Gasteiger charge is 2.06. The average molecular weight is 176 g/mol. The molecule has 2 nitrogen and oxygen atoms in total. The van der Waals surface area contributed by atoms with Gasteiger partial charge in [-0.05, 0) is 18.6 Å². The summed E-state index contributed by atoms with van der Waals surface area (Å²) in [5.41, 5.74) is 5.91. The molecule has 0 aliphatic carbocycles. The van der Waals surface area contributed by atoms with Gasteiger partial charge in [0, 0.05) is 0 Å². The van der Waals surface area contributed by atoms with Crippen LogP contribution < -0.4 is 5.73 Å². The van der Waals surface area contributed by atoms with Crippen LogP contribution >= 0.6 is 22.9 Å². The van der Waals surface area contributed by atoms with E-state index in [4.69, 9.17) is 17.3 Å². The number of hydrogen-bond acceptors (Lipinski definition) is 2. The van der Waals surface area contributed by atoms with Crippen molar-refractivity contribution < 1.29 is 4.79 Å². The molecule has 1 aromatic heterocycles. The molecule has 0 bridgehead atoms. The van der Waals surface area contributed by atoms with Gasteiger partial charge < -0.3 is 5.73 Å². The average Bonchev–Trinajstić information content (AvgIpc) is 2.13. The van der Waals surface area contributed by atoms with Gasteiger partial charge in [-0.3, -0.25) is 4.79 Å². The Morgan fingerprint density at radius 1 is 1.80 bits per heavy atom. The number of carbonyl (C=O) groups excluding carboxylic acids is 1. The number of carbonyl (C=O) groups is 1. The predicted molar refractivity (Wildman–Crippen MR) is 42.6 cm³/mol. The molecule has 0 aliphatic heterocycles. The minimum absolute atomic E-state index is 0.417. The van der Waals surface area contributed by atoms with Gasteiger partial charge in [-0.25, -0.2) is 0 Å². The van der Waals surface area contributed by atoms with Crippen LogP contribution in [0.3, 0.4) is 0 Å². The molecule has 0 fully saturated rings. The third-order valence-corrected chi connectivity index (χ3v) is 2.67. The van der Waals surface area contributed by atoms with E-state index in [2.05, 4.69) is 0 Å². The van der Waals surface area contributed by atoms with Gasteiger partial charge in [0.05, 0.1) is 9.21 Å². The maximum Gasteiger partial charge on any atom is 0.258 e. The van der Waals surface area contributed by atoms with Crippen molar-refractivity contribution in [2.75, 3.05) is 0 Å². The zero-order valence-corrected chi connectivity index (χ0v) is 6.92. The van der Waals surface area contributed by atoms with E-state index in [9.17, 15) is 4.79 Å². The molecular weight excluding hydrogens is 170 g/mol. The lowest BCUT2D eigenvalue weighted by Crippen LogP contribution is -2.08. The van der Waals surface area contributed by atoms with Crippen molar-refractivity contribution in [1.82, 2.24) is 0 Å². The summed E-state index contributed by atoms with van der Waals surface area (Å²) in [4.78, 5) is 11.1. The van der Waals surface area contributed by atoms with E-state index in [1.54, 1.807) is 6.07 Å². The summed E-state index contributed by atoms with van der Waals surface area (Å²) in [6.45, 7) is 1.84. The smallest absolute Gasteiger partial charge is 0.258 e. The molecule has 1 heterocycles. The Hall–Kier alpha value is -0.540. The van der Waals surface area contributed by atoms with E-state index < -0.39 is 5.91 Å². The van der Waals surface area contributed by atoms with Gasteiger partial charge in [-0.1, -0.05) is 11.6 Å². The van der Waals surface area contributed by atoms with Gasteiger partial charge >= 0.3 is 0 Å². The minimum Gasteiger partial charge on any atom is -0.365 e. The van der Waals surface area contributed by atoms with E-state index in [1.807, 2.05) is 6.92 Å². The molecule has 0 spiro atoms. The van der Waals surface area contributed by atoms with Gasteiger partial charge in [0.1, 0.15) is 0 Å². The van der Waals surface area contributed by atoms with Crippen LogP contribution in [-0.2, 0) is 0 Å². The third-order valence-electron chi connectivity index (χ3n) is 1.10. The van der Waals surface area contributed by atoms with Crippen LogP contribution in [0.5, 0.6) is 0 Å². The van der Waals surface area contributed by atoms with Crippen molar-refractivity contribution in [3.63, 3.8) is 0 Å². The summed E-state index contributed by atoms with van der Waals surface area (Å²) in [5.74, 6) is -0.417. The summed E-state index contributed by atoms with van der Waals surface area (Å²) < 4.78 is 0.633. The van der Waals surface area contributed by atoms with Crippen molar-refractivity contribution in [2.24, 2.45) is 5.73 Å². The second kappa shape index (κ2) is 2.60. The zero-order chi connectivity index (χ0) is 7.72. The lowest BCUT2D eigenvalue weighted by atomic mass is 10.3. The first-order chi connectivity index (χ1) is 4.61. The molecule has 0 aromatic carbocycles. The van der Waals surface area contributed by atoms with Crippen LogP contribution in [0.25, 0.3) is 0 Å². The van der Waals surface area contributed by atoms with E-state index in [-0.39, 0.29) is 0 Å². The summed E-state index contributed by atoms with van der Waals surface area (Å²) in [5, 5.41) is 0. The van der Waals surface area contributed by atoms with Crippen LogP contribution in [0.2, 0.25) is 4.34 Å². The first kappa shape index (κ1) is 7.57. The van der Waals surface area contributed by atoms with Crippen molar-refractivity contribution in [3.8, 4) is 0 Å². The maximum absolute atomic E-state index is 10.5. The highest BCUT2D eigenvalue weighted by atomic mass is 35.5. The molecule has 54 valence electrons. The molecule has 10 heavy (non-hydrogen) atoms. The monoisotopic (exact) mass is 175 g/mol. The molecule has 0 saturated heterocycles. The summed E-state index contributed by atoms with van der Waals surface area (Å²) >= 11 is 6.90. The Labute approximate surface area is 67.6 Å². The molecule has 0 aliphatic rings. The van der Waals surface area contributed by atoms with Crippen LogP contribution in [0.15, 0.2) is 6.07 Å². The SMILES string of the molecule is Cc1cc(C(N)=O)sc1Cl. The first-order valence-corrected chi connectivity index (χ1v) is 3.86. The number of hydrogen-bond donors (Lipinski definition) is 1. The zero-order valence-electron chi connectivity index (χ0n) is 5.35. The molecule has 0 unspecified atom stereocenters. The second-order valence-electron chi connectivity index (χ2n) is 1.93. The van der Waals surface area contributed by atoms with Crippen LogP contribution in [-0.4, -0.2) is 5.91 Å². The Kier molecular flexibility index (Phi) is 1.97. The van der Waals surface area contributed by atoms with E-state index in [1.165, 1.54) is 11.3 Å². The fraction of sp³-hybridized carbons (Fsp3) is 0.167. The standard InChI is InChI=1S/C6H6ClNOS/c1-3-2-4(6(8)9)10-5(3)7/h2H,1H3,(H2,8,9). The number of rotatable bonds is 1. The number of halogens is 1.